The van der Waals surface area contributed by atoms with Gasteiger partial charge in [-0.2, -0.15) is 0 Å². The van der Waals surface area contributed by atoms with Crippen LogP contribution in [0.3, 0.4) is 0 Å². The summed E-state index contributed by atoms with van der Waals surface area (Å²) >= 11 is 0. The molecule has 19 heavy (non-hydrogen) atoms. The SMILES string of the molecule is CCOc1ccc(C(=O)N2CC[C@H](O)C2)cc1OC. The molecule has 1 heterocycles. The quantitative estimate of drug-likeness (QED) is 0.891. The average molecular weight is 265 g/mol. The number of hydrogen-bond acceptors (Lipinski definition) is 4. The minimum Gasteiger partial charge on any atom is -0.493 e. The Hall–Kier alpha value is -1.75. The summed E-state index contributed by atoms with van der Waals surface area (Å²) in [4.78, 5) is 13.9. The van der Waals surface area contributed by atoms with Gasteiger partial charge in [0.1, 0.15) is 0 Å². The summed E-state index contributed by atoms with van der Waals surface area (Å²) in [5, 5.41) is 9.47. The highest BCUT2D eigenvalue weighted by Crippen LogP contribution is 2.29. The Morgan fingerprint density at radius 1 is 1.47 bits per heavy atom. The fourth-order valence-corrected chi connectivity index (χ4v) is 2.18. The minimum absolute atomic E-state index is 0.0853. The lowest BCUT2D eigenvalue weighted by atomic mass is 10.1. The van der Waals surface area contributed by atoms with E-state index in [9.17, 15) is 9.90 Å². The summed E-state index contributed by atoms with van der Waals surface area (Å²) in [7, 11) is 1.55. The van der Waals surface area contributed by atoms with Crippen LogP contribution in [0.25, 0.3) is 0 Å². The van der Waals surface area contributed by atoms with Crippen LogP contribution in [-0.4, -0.2) is 48.8 Å². The number of carbonyl (C=O) groups excluding carboxylic acids is 1. The Morgan fingerprint density at radius 2 is 2.26 bits per heavy atom. The van der Waals surface area contributed by atoms with Crippen molar-refractivity contribution < 1.29 is 19.4 Å². The van der Waals surface area contributed by atoms with E-state index in [1.54, 1.807) is 30.2 Å². The molecule has 104 valence electrons. The second-order valence-electron chi connectivity index (χ2n) is 4.49. The van der Waals surface area contributed by atoms with E-state index in [1.165, 1.54) is 0 Å². The molecule has 1 atom stereocenters. The summed E-state index contributed by atoms with van der Waals surface area (Å²) in [6, 6.07) is 5.14. The molecular formula is C14H19NO4. The Morgan fingerprint density at radius 3 is 2.84 bits per heavy atom. The van der Waals surface area contributed by atoms with E-state index in [0.717, 1.165) is 0 Å². The lowest BCUT2D eigenvalue weighted by Crippen LogP contribution is -2.29. The van der Waals surface area contributed by atoms with Gasteiger partial charge in [-0.15, -0.1) is 0 Å². The highest BCUT2D eigenvalue weighted by molar-refractivity contribution is 5.95. The van der Waals surface area contributed by atoms with Gasteiger partial charge in [0.2, 0.25) is 0 Å². The molecule has 1 amide bonds. The molecule has 1 saturated heterocycles. The highest BCUT2D eigenvalue weighted by Gasteiger charge is 2.25. The number of aliphatic hydroxyl groups is 1. The molecule has 1 aromatic carbocycles. The van der Waals surface area contributed by atoms with Crippen molar-refractivity contribution in [3.8, 4) is 11.5 Å². The normalized spacial score (nSPS) is 18.5. The zero-order valence-corrected chi connectivity index (χ0v) is 11.3. The molecule has 0 aromatic heterocycles. The first-order chi connectivity index (χ1) is 9.15. The third kappa shape index (κ3) is 2.98. The van der Waals surface area contributed by atoms with Crippen LogP contribution in [0, 0.1) is 0 Å². The van der Waals surface area contributed by atoms with Crippen LogP contribution in [0.2, 0.25) is 0 Å². The topological polar surface area (TPSA) is 59.0 Å². The standard InChI is InChI=1S/C14H19NO4/c1-3-19-12-5-4-10(8-13(12)18-2)14(17)15-7-6-11(16)9-15/h4-5,8,11,16H,3,6-7,9H2,1-2H3/t11-/m0/s1. The van der Waals surface area contributed by atoms with Crippen LogP contribution in [0.5, 0.6) is 11.5 Å². The second kappa shape index (κ2) is 5.93. The third-order valence-corrected chi connectivity index (χ3v) is 3.16. The van der Waals surface area contributed by atoms with E-state index in [-0.39, 0.29) is 5.91 Å². The van der Waals surface area contributed by atoms with Crippen molar-refractivity contribution in [1.29, 1.82) is 0 Å². The zero-order valence-electron chi connectivity index (χ0n) is 11.3. The fraction of sp³-hybridized carbons (Fsp3) is 0.500. The van der Waals surface area contributed by atoms with Gasteiger partial charge in [-0.05, 0) is 31.5 Å². The molecule has 0 spiro atoms. The smallest absolute Gasteiger partial charge is 0.254 e. The lowest BCUT2D eigenvalue weighted by molar-refractivity contribution is 0.0764. The van der Waals surface area contributed by atoms with Gasteiger partial charge in [0.15, 0.2) is 11.5 Å². The van der Waals surface area contributed by atoms with Crippen molar-refractivity contribution >= 4 is 5.91 Å². The first-order valence-electron chi connectivity index (χ1n) is 6.44. The number of nitrogens with zero attached hydrogens (tertiary/aromatic N) is 1. The van der Waals surface area contributed by atoms with Crippen molar-refractivity contribution in [3.63, 3.8) is 0 Å². The van der Waals surface area contributed by atoms with Crippen LogP contribution in [-0.2, 0) is 0 Å². The molecule has 1 aliphatic heterocycles. The highest BCUT2D eigenvalue weighted by atomic mass is 16.5. The van der Waals surface area contributed by atoms with Crippen molar-refractivity contribution in [2.45, 2.75) is 19.4 Å². The molecule has 5 heteroatoms. The largest absolute Gasteiger partial charge is 0.493 e. The van der Waals surface area contributed by atoms with Gasteiger partial charge in [-0.25, -0.2) is 0 Å². The third-order valence-electron chi connectivity index (χ3n) is 3.16. The monoisotopic (exact) mass is 265 g/mol. The number of rotatable bonds is 4. The van der Waals surface area contributed by atoms with Crippen molar-refractivity contribution in [2.75, 3.05) is 26.8 Å². The van der Waals surface area contributed by atoms with E-state index in [1.807, 2.05) is 6.92 Å². The predicted molar refractivity (Wildman–Crippen MR) is 70.7 cm³/mol. The average Bonchev–Trinajstić information content (AvgIpc) is 2.85. The Balaban J connectivity index is 2.18. The van der Waals surface area contributed by atoms with Crippen LogP contribution in [0.1, 0.15) is 23.7 Å². The molecular weight excluding hydrogens is 246 g/mol. The van der Waals surface area contributed by atoms with Gasteiger partial charge in [0, 0.05) is 18.7 Å². The summed E-state index contributed by atoms with van der Waals surface area (Å²) in [6.07, 6.45) is 0.230. The van der Waals surface area contributed by atoms with E-state index in [2.05, 4.69) is 0 Å². The van der Waals surface area contributed by atoms with Crippen molar-refractivity contribution in [2.24, 2.45) is 0 Å². The van der Waals surface area contributed by atoms with Crippen molar-refractivity contribution in [3.05, 3.63) is 23.8 Å². The number of aliphatic hydroxyl groups excluding tert-OH is 1. The molecule has 5 nitrogen and oxygen atoms in total. The number of β-amino-alcohol motifs (C(OH)–C–C–N with tert-alkyl or cyclic N) is 1. The summed E-state index contributed by atoms with van der Waals surface area (Å²) < 4.78 is 10.6. The lowest BCUT2D eigenvalue weighted by Gasteiger charge is -2.17. The van der Waals surface area contributed by atoms with Gasteiger partial charge in [-0.1, -0.05) is 0 Å². The fourth-order valence-electron chi connectivity index (χ4n) is 2.18. The summed E-state index contributed by atoms with van der Waals surface area (Å²) in [6.45, 7) is 3.43. The first-order valence-corrected chi connectivity index (χ1v) is 6.44. The van der Waals surface area contributed by atoms with Gasteiger partial charge >= 0.3 is 0 Å². The maximum absolute atomic E-state index is 12.2. The summed E-state index contributed by atoms with van der Waals surface area (Å²) in [5.74, 6) is 1.09. The number of amides is 1. The van der Waals surface area contributed by atoms with Crippen molar-refractivity contribution in [1.82, 2.24) is 4.90 Å². The molecule has 0 unspecified atom stereocenters. The molecule has 1 fully saturated rings. The maximum Gasteiger partial charge on any atom is 0.254 e. The minimum atomic E-state index is -0.409. The zero-order chi connectivity index (χ0) is 13.8. The Labute approximate surface area is 112 Å². The first kappa shape index (κ1) is 13.7. The van der Waals surface area contributed by atoms with E-state index in [4.69, 9.17) is 9.47 Å². The van der Waals surface area contributed by atoms with Gasteiger partial charge in [0.25, 0.3) is 5.91 Å². The van der Waals surface area contributed by atoms with Crippen LogP contribution >= 0.6 is 0 Å². The predicted octanol–water partition coefficient (Wildman–Crippen LogP) is 1.30. The van der Waals surface area contributed by atoms with Crippen LogP contribution in [0.15, 0.2) is 18.2 Å². The van der Waals surface area contributed by atoms with Gasteiger partial charge < -0.3 is 19.5 Å². The molecule has 0 aliphatic carbocycles. The van der Waals surface area contributed by atoms with Crippen LogP contribution < -0.4 is 9.47 Å². The van der Waals surface area contributed by atoms with Gasteiger partial charge in [0.05, 0.1) is 19.8 Å². The Kier molecular flexibility index (Phi) is 4.27. The van der Waals surface area contributed by atoms with E-state index in [0.29, 0.717) is 43.2 Å². The number of likely N-dealkylation sites (tertiary alicyclic amines) is 1. The molecule has 1 aromatic rings. The number of benzene rings is 1. The van der Waals surface area contributed by atoms with E-state index >= 15 is 0 Å². The Bertz CT molecular complexity index is 461. The number of carbonyl (C=O) groups is 1. The second-order valence-corrected chi connectivity index (χ2v) is 4.49. The molecule has 0 bridgehead atoms. The van der Waals surface area contributed by atoms with E-state index < -0.39 is 6.10 Å². The summed E-state index contributed by atoms with van der Waals surface area (Å²) in [5.41, 5.74) is 0.550. The number of ether oxygens (including phenoxy) is 2. The molecule has 1 aliphatic rings. The molecule has 2 rings (SSSR count). The molecule has 1 N–H and O–H groups in total. The maximum atomic E-state index is 12.2. The molecule has 0 saturated carbocycles. The van der Waals surface area contributed by atoms with Gasteiger partial charge in [-0.3, -0.25) is 4.79 Å². The number of hydrogen-bond donors (Lipinski definition) is 1. The number of methoxy groups -OCH3 is 1. The van der Waals surface area contributed by atoms with Crippen LogP contribution in [0.4, 0.5) is 0 Å². The molecule has 0 radical (unpaired) electrons.